The van der Waals surface area contributed by atoms with Gasteiger partial charge in [-0.25, -0.2) is 13.4 Å². The summed E-state index contributed by atoms with van der Waals surface area (Å²) in [5.41, 5.74) is 6.28. The predicted molar refractivity (Wildman–Crippen MR) is 73.5 cm³/mol. The van der Waals surface area contributed by atoms with Gasteiger partial charge in [-0.3, -0.25) is 4.72 Å². The van der Waals surface area contributed by atoms with Crippen molar-refractivity contribution < 1.29 is 13.2 Å². The highest BCUT2D eigenvalue weighted by molar-refractivity contribution is 7.92. The summed E-state index contributed by atoms with van der Waals surface area (Å²) < 4.78 is 29.8. The number of hydrogen-bond donors (Lipinski definition) is 2. The van der Waals surface area contributed by atoms with Gasteiger partial charge in [-0.15, -0.1) is 11.6 Å². The predicted octanol–water partition coefficient (Wildman–Crippen LogP) is 1.29. The first-order valence-corrected chi connectivity index (χ1v) is 7.33. The fourth-order valence-electron chi connectivity index (χ4n) is 1.24. The summed E-state index contributed by atoms with van der Waals surface area (Å²) >= 11 is 5.51. The van der Waals surface area contributed by atoms with E-state index in [-0.39, 0.29) is 11.7 Å². The molecule has 18 heavy (non-hydrogen) atoms. The van der Waals surface area contributed by atoms with Gasteiger partial charge in [-0.2, -0.15) is 0 Å². The van der Waals surface area contributed by atoms with Crippen LogP contribution in [0.3, 0.4) is 0 Å². The van der Waals surface area contributed by atoms with Crippen molar-refractivity contribution >= 4 is 38.8 Å². The van der Waals surface area contributed by atoms with Gasteiger partial charge in [0.25, 0.3) is 0 Å². The zero-order valence-corrected chi connectivity index (χ0v) is 11.5. The van der Waals surface area contributed by atoms with Crippen molar-refractivity contribution in [3.63, 3.8) is 0 Å². The standard InChI is InChI=1S/C10H14ClN3O3S/c1-17-9-4-3-7(13-10(12)6-11)5-8(9)14-18(2,15)16/h3-5,14H,6H2,1-2H3,(H2,12,13). The minimum absolute atomic E-state index is 0.0981. The van der Waals surface area contributed by atoms with Gasteiger partial charge in [0.05, 0.1) is 30.6 Å². The molecule has 0 aliphatic carbocycles. The second-order valence-corrected chi connectivity index (χ2v) is 5.51. The lowest BCUT2D eigenvalue weighted by Gasteiger charge is -2.10. The van der Waals surface area contributed by atoms with Crippen LogP contribution in [0.5, 0.6) is 5.75 Å². The van der Waals surface area contributed by atoms with Crippen LogP contribution in [0.15, 0.2) is 23.2 Å². The number of nitrogens with one attached hydrogen (secondary N) is 1. The van der Waals surface area contributed by atoms with Crippen molar-refractivity contribution in [3.05, 3.63) is 18.2 Å². The molecule has 100 valence electrons. The molecule has 3 N–H and O–H groups in total. The van der Waals surface area contributed by atoms with E-state index in [1.807, 2.05) is 0 Å². The molecule has 0 radical (unpaired) electrons. The van der Waals surface area contributed by atoms with Crippen LogP contribution >= 0.6 is 11.6 Å². The van der Waals surface area contributed by atoms with E-state index < -0.39 is 10.0 Å². The largest absolute Gasteiger partial charge is 0.495 e. The van der Waals surface area contributed by atoms with E-state index in [0.717, 1.165) is 6.26 Å². The maximum atomic E-state index is 11.2. The van der Waals surface area contributed by atoms with E-state index >= 15 is 0 Å². The Hall–Kier alpha value is -1.47. The third kappa shape index (κ3) is 4.42. The summed E-state index contributed by atoms with van der Waals surface area (Å²) in [6, 6.07) is 4.75. The molecule has 0 fully saturated rings. The van der Waals surface area contributed by atoms with E-state index in [2.05, 4.69) is 9.71 Å². The highest BCUT2D eigenvalue weighted by Crippen LogP contribution is 2.29. The van der Waals surface area contributed by atoms with E-state index in [1.165, 1.54) is 13.2 Å². The maximum absolute atomic E-state index is 11.2. The van der Waals surface area contributed by atoms with Crippen molar-refractivity contribution in [2.45, 2.75) is 0 Å². The van der Waals surface area contributed by atoms with E-state index in [0.29, 0.717) is 17.1 Å². The van der Waals surface area contributed by atoms with Crippen LogP contribution in [0, 0.1) is 0 Å². The van der Waals surface area contributed by atoms with Crippen molar-refractivity contribution in [3.8, 4) is 5.75 Å². The number of benzene rings is 1. The van der Waals surface area contributed by atoms with Crippen LogP contribution < -0.4 is 15.2 Å². The summed E-state index contributed by atoms with van der Waals surface area (Å²) in [4.78, 5) is 4.02. The molecule has 8 heteroatoms. The average Bonchev–Trinajstić information content (AvgIpc) is 2.27. The van der Waals surface area contributed by atoms with Gasteiger partial charge >= 0.3 is 0 Å². The van der Waals surface area contributed by atoms with Gasteiger partial charge in [-0.1, -0.05) is 0 Å². The Morgan fingerprint density at radius 1 is 1.56 bits per heavy atom. The molecule has 0 unspecified atom stereocenters. The lowest BCUT2D eigenvalue weighted by atomic mass is 10.2. The number of ether oxygens (including phenoxy) is 1. The van der Waals surface area contributed by atoms with Crippen LogP contribution in [0.2, 0.25) is 0 Å². The highest BCUT2D eigenvalue weighted by Gasteiger charge is 2.09. The Bertz CT molecular complexity index is 557. The van der Waals surface area contributed by atoms with Crippen LogP contribution in [0.1, 0.15) is 0 Å². The molecule has 6 nitrogen and oxygen atoms in total. The molecule has 0 heterocycles. The van der Waals surface area contributed by atoms with E-state index in [4.69, 9.17) is 22.1 Å². The van der Waals surface area contributed by atoms with Gasteiger partial charge in [0.15, 0.2) is 0 Å². The quantitative estimate of drug-likeness (QED) is 0.486. The van der Waals surface area contributed by atoms with E-state index in [9.17, 15) is 8.42 Å². The molecule has 0 aliphatic rings. The Kier molecular flexibility index (Phi) is 4.80. The Labute approximate surface area is 111 Å². The smallest absolute Gasteiger partial charge is 0.229 e. The molecule has 0 spiro atoms. The minimum atomic E-state index is -3.40. The highest BCUT2D eigenvalue weighted by atomic mass is 35.5. The second-order valence-electron chi connectivity index (χ2n) is 3.50. The van der Waals surface area contributed by atoms with Gasteiger partial charge in [0.2, 0.25) is 10.0 Å². The summed E-state index contributed by atoms with van der Waals surface area (Å²) in [5, 5.41) is 0. The zero-order chi connectivity index (χ0) is 13.8. The number of amidine groups is 1. The van der Waals surface area contributed by atoms with Crippen molar-refractivity contribution in [1.82, 2.24) is 0 Å². The minimum Gasteiger partial charge on any atom is -0.495 e. The Morgan fingerprint density at radius 2 is 2.22 bits per heavy atom. The first-order chi connectivity index (χ1) is 8.35. The third-order valence-corrected chi connectivity index (χ3v) is 2.75. The van der Waals surface area contributed by atoms with Gasteiger partial charge in [0, 0.05) is 0 Å². The molecule has 0 aromatic heterocycles. The number of nitrogens with zero attached hydrogens (tertiary/aromatic N) is 1. The van der Waals surface area contributed by atoms with E-state index in [1.54, 1.807) is 12.1 Å². The SMILES string of the molecule is COc1ccc(N=C(N)CCl)cc1NS(C)(=O)=O. The Morgan fingerprint density at radius 3 is 2.72 bits per heavy atom. The summed E-state index contributed by atoms with van der Waals surface area (Å²) in [5.74, 6) is 0.733. The number of anilines is 1. The lowest BCUT2D eigenvalue weighted by Crippen LogP contribution is -2.12. The third-order valence-electron chi connectivity index (χ3n) is 1.89. The molecule has 1 rings (SSSR count). The molecule has 0 saturated carbocycles. The molecule has 0 saturated heterocycles. The number of halogens is 1. The number of alkyl halides is 1. The normalized spacial score (nSPS) is 12.3. The van der Waals surface area contributed by atoms with Crippen LogP contribution in [0.4, 0.5) is 11.4 Å². The molecule has 0 aliphatic heterocycles. The summed E-state index contributed by atoms with van der Waals surface area (Å²) in [7, 11) is -1.95. The van der Waals surface area contributed by atoms with Gasteiger partial charge in [-0.05, 0) is 18.2 Å². The van der Waals surface area contributed by atoms with Crippen molar-refractivity contribution in [2.75, 3.05) is 24.0 Å². The molecule has 1 aromatic rings. The number of hydrogen-bond acceptors (Lipinski definition) is 4. The molecule has 0 atom stereocenters. The monoisotopic (exact) mass is 291 g/mol. The summed E-state index contributed by atoms with van der Waals surface area (Å²) in [6.45, 7) is 0. The van der Waals surface area contributed by atoms with Crippen LogP contribution in [0.25, 0.3) is 0 Å². The average molecular weight is 292 g/mol. The molecular weight excluding hydrogens is 278 g/mol. The lowest BCUT2D eigenvalue weighted by molar-refractivity contribution is 0.417. The number of aliphatic imine (C=N–C) groups is 1. The number of sulfonamides is 1. The fraction of sp³-hybridized carbons (Fsp3) is 0.300. The first kappa shape index (κ1) is 14.6. The molecule has 0 amide bonds. The number of methoxy groups -OCH3 is 1. The Balaban J connectivity index is 3.17. The molecular formula is C10H14ClN3O3S. The van der Waals surface area contributed by atoms with Crippen molar-refractivity contribution in [1.29, 1.82) is 0 Å². The van der Waals surface area contributed by atoms with Crippen LogP contribution in [-0.2, 0) is 10.0 Å². The zero-order valence-electron chi connectivity index (χ0n) is 9.97. The van der Waals surface area contributed by atoms with Gasteiger partial charge in [0.1, 0.15) is 11.6 Å². The number of nitrogens with two attached hydrogens (primary N) is 1. The second kappa shape index (κ2) is 5.92. The topological polar surface area (TPSA) is 93.8 Å². The number of rotatable bonds is 5. The fourth-order valence-corrected chi connectivity index (χ4v) is 1.86. The maximum Gasteiger partial charge on any atom is 0.229 e. The first-order valence-electron chi connectivity index (χ1n) is 4.90. The molecule has 0 bridgehead atoms. The van der Waals surface area contributed by atoms with Gasteiger partial charge < -0.3 is 10.5 Å². The summed E-state index contributed by atoms with van der Waals surface area (Å²) in [6.07, 6.45) is 1.05. The van der Waals surface area contributed by atoms with Crippen molar-refractivity contribution in [2.24, 2.45) is 10.7 Å². The van der Waals surface area contributed by atoms with Crippen LogP contribution in [-0.4, -0.2) is 33.5 Å². The molecule has 1 aromatic carbocycles.